The number of benzene rings is 7. The van der Waals surface area contributed by atoms with Gasteiger partial charge in [0, 0.05) is 26.8 Å². The Labute approximate surface area is 270 Å². The molecule has 0 unspecified atom stereocenters. The highest BCUT2D eigenvalue weighted by atomic mass is 32.1. The molecule has 0 N–H and O–H groups in total. The van der Waals surface area contributed by atoms with Crippen LogP contribution in [0.3, 0.4) is 0 Å². The molecule has 0 aliphatic heterocycles. The van der Waals surface area contributed by atoms with Crippen molar-refractivity contribution < 1.29 is 8.22 Å². The van der Waals surface area contributed by atoms with Gasteiger partial charge in [-0.15, -0.1) is 11.3 Å². The minimum atomic E-state index is -0.263. The van der Waals surface area contributed by atoms with Gasteiger partial charge in [0.15, 0.2) is 0 Å². The number of nitrogens with zero attached hydrogens (tertiary/aromatic N) is 1. The Kier molecular flexibility index (Phi) is 5.27. The van der Waals surface area contributed by atoms with Gasteiger partial charge in [0.05, 0.1) is 18.6 Å². The average molecular weight is 586 g/mol. The highest BCUT2D eigenvalue weighted by molar-refractivity contribution is 7.26. The summed E-state index contributed by atoms with van der Waals surface area (Å²) in [6, 6.07) is 44.8. The molecule has 8 rings (SSSR count). The van der Waals surface area contributed by atoms with Gasteiger partial charge in [-0.2, -0.15) is 0 Å². The average Bonchev–Trinajstić information content (AvgIpc) is 3.57. The van der Waals surface area contributed by atoms with Gasteiger partial charge < -0.3 is 4.90 Å². The highest BCUT2D eigenvalue weighted by Crippen LogP contribution is 2.45. The summed E-state index contributed by atoms with van der Waals surface area (Å²) in [7, 11) is 0. The molecule has 1 heterocycles. The maximum atomic E-state index is 9.35. The van der Waals surface area contributed by atoms with Crippen LogP contribution in [0.4, 0.5) is 17.1 Å². The summed E-state index contributed by atoms with van der Waals surface area (Å²) in [5.41, 5.74) is 7.07. The molecule has 44 heavy (non-hydrogen) atoms. The molecule has 0 saturated heterocycles. The molecule has 2 heteroatoms. The number of thiophene rings is 1. The van der Waals surface area contributed by atoms with Gasteiger partial charge in [-0.25, -0.2) is 0 Å². The maximum absolute atomic E-state index is 9.35. The Bertz CT molecular complexity index is 2430. The molecule has 8 aromatic rings. The van der Waals surface area contributed by atoms with E-state index in [1.54, 1.807) is 0 Å². The first kappa shape index (κ1) is 20.5. The van der Waals surface area contributed by atoms with E-state index in [1.807, 2.05) is 120 Å². The topological polar surface area (TPSA) is 3.24 Å². The second-order valence-corrected chi connectivity index (χ2v) is 11.5. The summed E-state index contributed by atoms with van der Waals surface area (Å²) < 4.78 is 55.7. The van der Waals surface area contributed by atoms with Gasteiger partial charge in [0.2, 0.25) is 0 Å². The Balaban J connectivity index is 1.41. The van der Waals surface area contributed by atoms with Gasteiger partial charge in [0.25, 0.3) is 0 Å². The summed E-state index contributed by atoms with van der Waals surface area (Å²) in [6.07, 6.45) is 0. The van der Waals surface area contributed by atoms with E-state index in [-0.39, 0.29) is 36.3 Å². The summed E-state index contributed by atoms with van der Waals surface area (Å²) >= 11 is 1.21. The van der Waals surface area contributed by atoms with Crippen LogP contribution >= 0.6 is 11.3 Å². The zero-order valence-corrected chi connectivity index (χ0v) is 24.5. The molecular formula is C42H29NS. The van der Waals surface area contributed by atoms with Crippen molar-refractivity contribution in [1.82, 2.24) is 0 Å². The van der Waals surface area contributed by atoms with E-state index in [0.29, 0.717) is 37.0 Å². The predicted octanol–water partition coefficient (Wildman–Crippen LogP) is 12.5. The molecule has 7 aromatic carbocycles. The Hall–Kier alpha value is -5.44. The lowest BCUT2D eigenvalue weighted by molar-refractivity contribution is 1.30. The standard InChI is InChI=1S/C42H29NS/c1-4-11-30(12-5-1)33-19-24-36(25-20-33)43(37-26-21-34(22-27-37)31-13-6-2-7-14-31)40-18-10-17-38-39-29-35(32-15-8-3-9-16-32)23-28-41(39)44-42(38)40/h1-29H/i10D,17D,18D,23D,28D,29D. The number of fused-ring (bicyclic) bond motifs is 3. The minimum Gasteiger partial charge on any atom is -0.309 e. The number of hydrogen-bond acceptors (Lipinski definition) is 2. The van der Waals surface area contributed by atoms with Crippen molar-refractivity contribution in [1.29, 1.82) is 0 Å². The van der Waals surface area contributed by atoms with Gasteiger partial charge in [0.1, 0.15) is 0 Å². The fraction of sp³-hybridized carbons (Fsp3) is 0. The van der Waals surface area contributed by atoms with Crippen LogP contribution in [-0.4, -0.2) is 0 Å². The van der Waals surface area contributed by atoms with Crippen molar-refractivity contribution in [3.05, 3.63) is 176 Å². The van der Waals surface area contributed by atoms with Crippen LogP contribution in [0.1, 0.15) is 8.22 Å². The lowest BCUT2D eigenvalue weighted by Crippen LogP contribution is -2.10. The molecule has 0 aliphatic carbocycles. The summed E-state index contributed by atoms with van der Waals surface area (Å²) in [4.78, 5) is 1.94. The second-order valence-electron chi connectivity index (χ2n) is 10.5. The quantitative estimate of drug-likeness (QED) is 0.188. The molecule has 0 radical (unpaired) electrons. The minimum absolute atomic E-state index is 0.0366. The van der Waals surface area contributed by atoms with Crippen LogP contribution in [0.15, 0.2) is 176 Å². The maximum Gasteiger partial charge on any atom is 0.0645 e. The van der Waals surface area contributed by atoms with Crippen LogP contribution in [0.25, 0.3) is 53.6 Å². The summed E-state index contributed by atoms with van der Waals surface area (Å²) in [5, 5.41) is 0.715. The zero-order chi connectivity index (χ0) is 34.5. The first-order valence-corrected chi connectivity index (χ1v) is 15.3. The third-order valence-electron chi connectivity index (χ3n) is 7.79. The lowest BCUT2D eigenvalue weighted by Gasteiger charge is -2.26. The van der Waals surface area contributed by atoms with Crippen molar-refractivity contribution in [3.8, 4) is 33.4 Å². The van der Waals surface area contributed by atoms with E-state index >= 15 is 0 Å². The van der Waals surface area contributed by atoms with Crippen LogP contribution in [-0.2, 0) is 0 Å². The van der Waals surface area contributed by atoms with Crippen LogP contribution in [0.2, 0.25) is 0 Å². The van der Waals surface area contributed by atoms with Crippen molar-refractivity contribution >= 4 is 48.6 Å². The van der Waals surface area contributed by atoms with Crippen molar-refractivity contribution in [3.63, 3.8) is 0 Å². The third-order valence-corrected chi connectivity index (χ3v) is 8.91. The molecular weight excluding hydrogens is 551 g/mol. The Morgan fingerprint density at radius 2 is 0.909 bits per heavy atom. The van der Waals surface area contributed by atoms with E-state index in [4.69, 9.17) is 5.48 Å². The van der Waals surface area contributed by atoms with Gasteiger partial charge >= 0.3 is 0 Å². The summed E-state index contributed by atoms with van der Waals surface area (Å²) in [5.74, 6) is 0. The van der Waals surface area contributed by atoms with E-state index in [1.165, 1.54) is 11.3 Å². The largest absolute Gasteiger partial charge is 0.309 e. The van der Waals surface area contributed by atoms with Crippen LogP contribution in [0, 0.1) is 0 Å². The molecule has 0 aliphatic rings. The fourth-order valence-corrected chi connectivity index (χ4v) is 6.65. The first-order valence-electron chi connectivity index (χ1n) is 17.5. The van der Waals surface area contributed by atoms with Crippen molar-refractivity contribution in [2.24, 2.45) is 0 Å². The molecule has 0 amide bonds. The molecule has 208 valence electrons. The van der Waals surface area contributed by atoms with Gasteiger partial charge in [-0.3, -0.25) is 0 Å². The predicted molar refractivity (Wildman–Crippen MR) is 190 cm³/mol. The van der Waals surface area contributed by atoms with E-state index < -0.39 is 0 Å². The normalized spacial score (nSPS) is 13.1. The molecule has 1 aromatic heterocycles. The molecule has 0 atom stereocenters. The van der Waals surface area contributed by atoms with Crippen LogP contribution < -0.4 is 4.90 Å². The zero-order valence-electron chi connectivity index (χ0n) is 29.6. The Morgan fingerprint density at radius 1 is 0.432 bits per heavy atom. The van der Waals surface area contributed by atoms with E-state index in [2.05, 4.69) is 24.3 Å². The van der Waals surface area contributed by atoms with E-state index in [9.17, 15) is 2.74 Å². The molecule has 0 spiro atoms. The Morgan fingerprint density at radius 3 is 1.43 bits per heavy atom. The summed E-state index contributed by atoms with van der Waals surface area (Å²) in [6.45, 7) is 0. The highest BCUT2D eigenvalue weighted by Gasteiger charge is 2.18. The van der Waals surface area contributed by atoms with Crippen molar-refractivity contribution in [2.75, 3.05) is 4.90 Å². The first-order chi connectivity index (χ1) is 24.3. The second kappa shape index (κ2) is 11.3. The third kappa shape index (κ3) is 4.86. The van der Waals surface area contributed by atoms with E-state index in [0.717, 1.165) is 33.6 Å². The SMILES string of the molecule is [2H]c1c(-c2ccccc2)c([2H])c2c(sc3c(N(c4ccc(-c5ccccc5)cc4)c4ccc(-c5ccccc5)cc4)c([2H])c([2H])c([2H])c32)c1[2H]. The van der Waals surface area contributed by atoms with Crippen LogP contribution in [0.5, 0.6) is 0 Å². The smallest absolute Gasteiger partial charge is 0.0645 e. The number of anilines is 3. The lowest BCUT2D eigenvalue weighted by atomic mass is 10.0. The number of hydrogen-bond donors (Lipinski definition) is 0. The van der Waals surface area contributed by atoms with Crippen molar-refractivity contribution in [2.45, 2.75) is 0 Å². The molecule has 0 saturated carbocycles. The monoisotopic (exact) mass is 585 g/mol. The van der Waals surface area contributed by atoms with Gasteiger partial charge in [-0.1, -0.05) is 133 Å². The molecule has 0 bridgehead atoms. The molecule has 0 fully saturated rings. The fourth-order valence-electron chi connectivity index (χ4n) is 5.59. The molecule has 1 nitrogen and oxygen atoms in total. The number of rotatable bonds is 6. The van der Waals surface area contributed by atoms with Gasteiger partial charge in [-0.05, 0) is 75.8 Å².